The summed E-state index contributed by atoms with van der Waals surface area (Å²) in [7, 11) is 0. The Balaban J connectivity index is 2.37. The molecule has 0 radical (unpaired) electrons. The summed E-state index contributed by atoms with van der Waals surface area (Å²) < 4.78 is 0. The molecule has 16 heavy (non-hydrogen) atoms. The molecule has 0 aliphatic heterocycles. The number of rotatable bonds is 2. The van der Waals surface area contributed by atoms with E-state index in [1.165, 1.54) is 0 Å². The summed E-state index contributed by atoms with van der Waals surface area (Å²) in [5, 5.41) is 10.7. The number of hydrogen-bond donors (Lipinski definition) is 1. The summed E-state index contributed by atoms with van der Waals surface area (Å²) in [5.74, 6) is 0. The minimum atomic E-state index is -0.786. The molecule has 0 bridgehead atoms. The molecule has 0 amide bonds. The van der Waals surface area contributed by atoms with E-state index in [2.05, 4.69) is 9.97 Å². The summed E-state index contributed by atoms with van der Waals surface area (Å²) in [6, 6.07) is 5.45. The van der Waals surface area contributed by atoms with Gasteiger partial charge in [0.15, 0.2) is 0 Å². The molecule has 1 N–H and O–H groups in total. The number of benzene rings is 1. The van der Waals surface area contributed by atoms with Crippen LogP contribution in [0.1, 0.15) is 22.9 Å². The zero-order valence-corrected chi connectivity index (χ0v) is 9.52. The second kappa shape index (κ2) is 4.60. The van der Waals surface area contributed by atoms with Crippen molar-refractivity contribution in [1.82, 2.24) is 9.97 Å². The average molecular weight is 235 g/mol. The van der Waals surface area contributed by atoms with Crippen molar-refractivity contribution in [2.75, 3.05) is 0 Å². The van der Waals surface area contributed by atoms with Crippen LogP contribution in [-0.4, -0.2) is 15.1 Å². The number of aliphatic hydroxyl groups is 1. The van der Waals surface area contributed by atoms with Gasteiger partial charge in [-0.2, -0.15) is 0 Å². The summed E-state index contributed by atoms with van der Waals surface area (Å²) in [4.78, 5) is 7.98. The van der Waals surface area contributed by atoms with Crippen LogP contribution in [0.5, 0.6) is 0 Å². The van der Waals surface area contributed by atoms with Crippen molar-refractivity contribution in [3.05, 3.63) is 58.6 Å². The Bertz CT molecular complexity index is 467. The van der Waals surface area contributed by atoms with Gasteiger partial charge in [0.25, 0.3) is 0 Å². The molecule has 0 saturated heterocycles. The third-order valence-corrected chi connectivity index (χ3v) is 2.46. The predicted molar refractivity (Wildman–Crippen MR) is 62.3 cm³/mol. The Hall–Kier alpha value is -1.45. The highest BCUT2D eigenvalue weighted by Crippen LogP contribution is 2.23. The van der Waals surface area contributed by atoms with Crippen molar-refractivity contribution >= 4 is 11.6 Å². The summed E-state index contributed by atoms with van der Waals surface area (Å²) in [6.07, 6.45) is 3.88. The fourth-order valence-electron chi connectivity index (χ4n) is 1.55. The van der Waals surface area contributed by atoms with Crippen molar-refractivity contribution in [1.29, 1.82) is 0 Å². The molecule has 1 heterocycles. The number of aryl methyl sites for hydroxylation is 1. The van der Waals surface area contributed by atoms with Gasteiger partial charge >= 0.3 is 0 Å². The monoisotopic (exact) mass is 234 g/mol. The fraction of sp³-hybridized carbons (Fsp3) is 0.167. The van der Waals surface area contributed by atoms with Crippen LogP contribution in [0.2, 0.25) is 5.02 Å². The highest BCUT2D eigenvalue weighted by Gasteiger charge is 2.12. The normalized spacial score (nSPS) is 12.4. The summed E-state index contributed by atoms with van der Waals surface area (Å²) >= 11 is 5.93. The maximum absolute atomic E-state index is 10.1. The molecule has 0 fully saturated rings. The first kappa shape index (κ1) is 11.0. The SMILES string of the molecule is Cc1cc(Cl)cc(C(O)c2cnccn2)c1. The molecular formula is C12H11ClN2O. The molecule has 0 aliphatic carbocycles. The Morgan fingerprint density at radius 3 is 2.69 bits per heavy atom. The van der Waals surface area contributed by atoms with Gasteiger partial charge in [0, 0.05) is 17.4 Å². The van der Waals surface area contributed by atoms with Crippen LogP contribution in [0.3, 0.4) is 0 Å². The van der Waals surface area contributed by atoms with E-state index in [4.69, 9.17) is 11.6 Å². The summed E-state index contributed by atoms with van der Waals surface area (Å²) in [5.41, 5.74) is 2.25. The van der Waals surface area contributed by atoms with Gasteiger partial charge in [0.2, 0.25) is 0 Å². The van der Waals surface area contributed by atoms with Crippen LogP contribution in [0, 0.1) is 6.92 Å². The topological polar surface area (TPSA) is 46.0 Å². The largest absolute Gasteiger partial charge is 0.382 e. The molecule has 2 rings (SSSR count). The van der Waals surface area contributed by atoms with Gasteiger partial charge in [0.1, 0.15) is 6.10 Å². The minimum absolute atomic E-state index is 0.518. The minimum Gasteiger partial charge on any atom is -0.382 e. The van der Waals surface area contributed by atoms with E-state index >= 15 is 0 Å². The van der Waals surface area contributed by atoms with Crippen LogP contribution >= 0.6 is 11.6 Å². The lowest BCUT2D eigenvalue weighted by Crippen LogP contribution is -2.02. The Labute approximate surface area is 98.8 Å². The first-order chi connectivity index (χ1) is 7.66. The van der Waals surface area contributed by atoms with Crippen LogP contribution in [0.25, 0.3) is 0 Å². The van der Waals surface area contributed by atoms with Crippen molar-refractivity contribution in [3.8, 4) is 0 Å². The molecule has 1 atom stereocenters. The Kier molecular flexibility index (Phi) is 3.17. The van der Waals surface area contributed by atoms with E-state index in [0.717, 1.165) is 11.1 Å². The third kappa shape index (κ3) is 2.38. The number of nitrogens with zero attached hydrogens (tertiary/aromatic N) is 2. The summed E-state index contributed by atoms with van der Waals surface area (Å²) in [6.45, 7) is 1.93. The number of halogens is 1. The fourth-order valence-corrected chi connectivity index (χ4v) is 1.84. The highest BCUT2D eigenvalue weighted by atomic mass is 35.5. The van der Waals surface area contributed by atoms with Crippen LogP contribution in [0.15, 0.2) is 36.8 Å². The van der Waals surface area contributed by atoms with Gasteiger partial charge in [0.05, 0.1) is 11.9 Å². The van der Waals surface area contributed by atoms with Gasteiger partial charge in [-0.3, -0.25) is 9.97 Å². The van der Waals surface area contributed by atoms with Crippen LogP contribution in [0.4, 0.5) is 0 Å². The van der Waals surface area contributed by atoms with E-state index in [1.54, 1.807) is 24.7 Å². The Morgan fingerprint density at radius 2 is 2.06 bits per heavy atom. The van der Waals surface area contributed by atoms with E-state index in [1.807, 2.05) is 19.1 Å². The smallest absolute Gasteiger partial charge is 0.123 e. The maximum atomic E-state index is 10.1. The molecule has 82 valence electrons. The van der Waals surface area contributed by atoms with Crippen molar-refractivity contribution in [3.63, 3.8) is 0 Å². The molecule has 1 aromatic heterocycles. The lowest BCUT2D eigenvalue weighted by molar-refractivity contribution is 0.214. The zero-order valence-electron chi connectivity index (χ0n) is 8.76. The van der Waals surface area contributed by atoms with E-state index < -0.39 is 6.10 Å². The molecule has 0 spiro atoms. The van der Waals surface area contributed by atoms with Gasteiger partial charge in [-0.15, -0.1) is 0 Å². The lowest BCUT2D eigenvalue weighted by atomic mass is 10.0. The van der Waals surface area contributed by atoms with Crippen LogP contribution < -0.4 is 0 Å². The molecule has 0 saturated carbocycles. The maximum Gasteiger partial charge on any atom is 0.123 e. The second-order valence-electron chi connectivity index (χ2n) is 3.59. The molecule has 1 unspecified atom stereocenters. The standard InChI is InChI=1S/C12H11ClN2O/c1-8-4-9(6-10(13)5-8)12(16)11-7-14-2-3-15-11/h2-7,12,16H,1H3. The van der Waals surface area contributed by atoms with Gasteiger partial charge in [-0.25, -0.2) is 0 Å². The first-order valence-electron chi connectivity index (χ1n) is 4.88. The van der Waals surface area contributed by atoms with Gasteiger partial charge in [-0.05, 0) is 30.2 Å². The van der Waals surface area contributed by atoms with E-state index in [-0.39, 0.29) is 0 Å². The second-order valence-corrected chi connectivity index (χ2v) is 4.03. The third-order valence-electron chi connectivity index (χ3n) is 2.24. The molecule has 2 aromatic rings. The first-order valence-corrected chi connectivity index (χ1v) is 5.25. The molecule has 0 aliphatic rings. The molecule has 3 nitrogen and oxygen atoms in total. The van der Waals surface area contributed by atoms with Crippen molar-refractivity contribution in [2.24, 2.45) is 0 Å². The number of aliphatic hydroxyl groups excluding tert-OH is 1. The quantitative estimate of drug-likeness (QED) is 0.869. The van der Waals surface area contributed by atoms with E-state index in [0.29, 0.717) is 10.7 Å². The van der Waals surface area contributed by atoms with E-state index in [9.17, 15) is 5.11 Å². The molecule has 4 heteroatoms. The zero-order chi connectivity index (χ0) is 11.5. The van der Waals surface area contributed by atoms with Crippen LogP contribution in [-0.2, 0) is 0 Å². The number of aromatic nitrogens is 2. The average Bonchev–Trinajstić information content (AvgIpc) is 2.28. The highest BCUT2D eigenvalue weighted by molar-refractivity contribution is 6.30. The number of hydrogen-bond acceptors (Lipinski definition) is 3. The molecule has 1 aromatic carbocycles. The lowest BCUT2D eigenvalue weighted by Gasteiger charge is -2.11. The van der Waals surface area contributed by atoms with Gasteiger partial charge < -0.3 is 5.11 Å². The van der Waals surface area contributed by atoms with Gasteiger partial charge in [-0.1, -0.05) is 17.7 Å². The van der Waals surface area contributed by atoms with Crippen molar-refractivity contribution < 1.29 is 5.11 Å². The van der Waals surface area contributed by atoms with Crippen molar-refractivity contribution in [2.45, 2.75) is 13.0 Å². The Morgan fingerprint density at radius 1 is 1.25 bits per heavy atom. The predicted octanol–water partition coefficient (Wildman–Crippen LogP) is 2.52. The molecular weight excluding hydrogens is 224 g/mol.